The number of rotatable bonds is 6. The average Bonchev–Trinajstić information content (AvgIpc) is 3.64. The standard InChI is InChI=1S/C27H21F2N5O3/c1-36-33-26(30)15-10-22(28)21(23(29)11-15)13-31-27(35)14-3-5-17-19(9-14)25-20-12-16(34-8-2-7-32-34)4-6-18(20)24(17)37-25/h2-12,24-25H,13H2,1H3,(H2,30,33)(H,31,35)/t24-,25+/m1/s1. The van der Waals surface area contributed by atoms with E-state index >= 15 is 0 Å². The SMILES string of the molecule is CON=C(N)c1cc(F)c(CNC(=O)c2ccc3c(c2)[C@@H]2O[C@H]3c3ccc(-n4cccn4)cc32)c(F)c1. The Kier molecular flexibility index (Phi) is 5.45. The number of fused-ring (bicyclic) bond motifs is 8. The van der Waals surface area contributed by atoms with Crippen molar-refractivity contribution >= 4 is 11.7 Å². The van der Waals surface area contributed by atoms with E-state index in [1.807, 2.05) is 36.5 Å². The lowest BCUT2D eigenvalue weighted by Crippen LogP contribution is -2.25. The fourth-order valence-corrected chi connectivity index (χ4v) is 4.88. The Morgan fingerprint density at radius 1 is 1.05 bits per heavy atom. The van der Waals surface area contributed by atoms with Crippen LogP contribution in [0.3, 0.4) is 0 Å². The second kappa shape index (κ2) is 8.82. The molecule has 0 fully saturated rings. The van der Waals surface area contributed by atoms with Crippen molar-refractivity contribution in [3.05, 3.63) is 118 Å². The van der Waals surface area contributed by atoms with Crippen LogP contribution in [0, 0.1) is 11.6 Å². The Labute approximate surface area is 210 Å². The van der Waals surface area contributed by atoms with E-state index in [4.69, 9.17) is 10.5 Å². The van der Waals surface area contributed by atoms with Crippen LogP contribution in [-0.4, -0.2) is 28.6 Å². The summed E-state index contributed by atoms with van der Waals surface area (Å²) in [5.41, 5.74) is 10.7. The van der Waals surface area contributed by atoms with Crippen LogP contribution in [0.4, 0.5) is 8.78 Å². The zero-order chi connectivity index (χ0) is 25.7. The van der Waals surface area contributed by atoms with Crippen LogP contribution < -0.4 is 11.1 Å². The van der Waals surface area contributed by atoms with Gasteiger partial charge in [0.2, 0.25) is 0 Å². The highest BCUT2D eigenvalue weighted by Gasteiger charge is 2.43. The number of amidine groups is 1. The summed E-state index contributed by atoms with van der Waals surface area (Å²) >= 11 is 0. The first kappa shape index (κ1) is 22.9. The maximum atomic E-state index is 14.6. The molecule has 4 aromatic rings. The Balaban J connectivity index is 1.21. The first-order valence-corrected chi connectivity index (χ1v) is 11.5. The van der Waals surface area contributed by atoms with E-state index in [2.05, 4.69) is 20.4 Å². The number of carbonyl (C=O) groups excluding carboxylic acids is 1. The summed E-state index contributed by atoms with van der Waals surface area (Å²) in [6.07, 6.45) is 3.08. The van der Waals surface area contributed by atoms with E-state index in [9.17, 15) is 13.6 Å². The fourth-order valence-electron chi connectivity index (χ4n) is 4.88. The van der Waals surface area contributed by atoms with Crippen molar-refractivity contribution in [1.82, 2.24) is 15.1 Å². The molecule has 0 saturated carbocycles. The normalized spacial score (nSPS) is 17.4. The number of halogens is 2. The van der Waals surface area contributed by atoms with Gasteiger partial charge in [0, 0.05) is 35.6 Å². The second-order valence-electron chi connectivity index (χ2n) is 8.76. The van der Waals surface area contributed by atoms with Gasteiger partial charge in [-0.25, -0.2) is 13.5 Å². The van der Waals surface area contributed by atoms with Gasteiger partial charge in [0.1, 0.15) is 31.0 Å². The number of oxime groups is 1. The third kappa shape index (κ3) is 3.82. The molecule has 0 unspecified atom stereocenters. The quantitative estimate of drug-likeness (QED) is 0.237. The molecule has 3 heterocycles. The number of aromatic nitrogens is 2. The highest BCUT2D eigenvalue weighted by molar-refractivity contribution is 5.97. The number of nitrogens with two attached hydrogens (primary N) is 1. The monoisotopic (exact) mass is 501 g/mol. The Hall–Kier alpha value is -4.57. The van der Waals surface area contributed by atoms with Gasteiger partial charge in [0.25, 0.3) is 5.91 Å². The van der Waals surface area contributed by atoms with Crippen molar-refractivity contribution in [3.8, 4) is 5.69 Å². The van der Waals surface area contributed by atoms with Crippen molar-refractivity contribution in [3.63, 3.8) is 0 Å². The van der Waals surface area contributed by atoms with Crippen LogP contribution in [0.25, 0.3) is 5.69 Å². The van der Waals surface area contributed by atoms with Gasteiger partial charge in [-0.2, -0.15) is 5.10 Å². The number of nitrogens with one attached hydrogen (secondary N) is 1. The molecule has 0 spiro atoms. The van der Waals surface area contributed by atoms with Crippen molar-refractivity contribution in [2.75, 3.05) is 7.11 Å². The first-order chi connectivity index (χ1) is 17.9. The van der Waals surface area contributed by atoms with Crippen molar-refractivity contribution in [2.45, 2.75) is 18.8 Å². The highest BCUT2D eigenvalue weighted by Crippen LogP contribution is 2.54. The lowest BCUT2D eigenvalue weighted by atomic mass is 9.85. The number of hydrogen-bond donors (Lipinski definition) is 2. The van der Waals surface area contributed by atoms with Crippen molar-refractivity contribution < 1.29 is 23.1 Å². The molecule has 0 radical (unpaired) electrons. The molecule has 6 rings (SSSR count). The molecule has 1 amide bonds. The van der Waals surface area contributed by atoms with Gasteiger partial charge >= 0.3 is 0 Å². The smallest absolute Gasteiger partial charge is 0.251 e. The molecular formula is C27H21F2N5O3. The minimum atomic E-state index is -0.853. The van der Waals surface area contributed by atoms with E-state index in [-0.39, 0.29) is 35.7 Å². The minimum absolute atomic E-state index is 0.0385. The summed E-state index contributed by atoms with van der Waals surface area (Å²) in [5, 5.41) is 10.4. The predicted octanol–water partition coefficient (Wildman–Crippen LogP) is 3.87. The van der Waals surface area contributed by atoms with Crippen LogP contribution in [0.5, 0.6) is 0 Å². The highest BCUT2D eigenvalue weighted by atomic mass is 19.1. The van der Waals surface area contributed by atoms with E-state index in [0.29, 0.717) is 5.56 Å². The van der Waals surface area contributed by atoms with Gasteiger partial charge in [0.15, 0.2) is 5.84 Å². The van der Waals surface area contributed by atoms with E-state index < -0.39 is 17.5 Å². The molecule has 2 aliphatic heterocycles. The molecule has 1 aromatic heterocycles. The summed E-state index contributed by atoms with van der Waals surface area (Å²) in [6, 6.07) is 15.4. The molecule has 186 valence electrons. The third-order valence-corrected chi connectivity index (χ3v) is 6.64. The number of ether oxygens (including phenoxy) is 1. The van der Waals surface area contributed by atoms with E-state index in [1.54, 1.807) is 23.0 Å². The Bertz CT molecular complexity index is 1550. The van der Waals surface area contributed by atoms with Crippen molar-refractivity contribution in [1.29, 1.82) is 0 Å². The number of nitrogens with zero attached hydrogens (tertiary/aromatic N) is 3. The lowest BCUT2D eigenvalue weighted by molar-refractivity contribution is 0.0857. The maximum Gasteiger partial charge on any atom is 0.251 e. The molecule has 0 saturated heterocycles. The summed E-state index contributed by atoms with van der Waals surface area (Å²) in [6.45, 7) is -0.339. The number of benzene rings is 3. The van der Waals surface area contributed by atoms with E-state index in [1.165, 1.54) is 7.11 Å². The second-order valence-corrected chi connectivity index (χ2v) is 8.76. The molecule has 0 aliphatic carbocycles. The first-order valence-electron chi connectivity index (χ1n) is 11.5. The zero-order valence-electron chi connectivity index (χ0n) is 19.6. The lowest BCUT2D eigenvalue weighted by Gasteiger charge is -2.18. The minimum Gasteiger partial charge on any atom is -0.397 e. The number of carbonyl (C=O) groups is 1. The van der Waals surface area contributed by atoms with Gasteiger partial charge in [0.05, 0.1) is 5.69 Å². The maximum absolute atomic E-state index is 14.6. The molecule has 2 atom stereocenters. The summed E-state index contributed by atoms with van der Waals surface area (Å²) in [4.78, 5) is 17.4. The summed E-state index contributed by atoms with van der Waals surface area (Å²) in [7, 11) is 1.27. The van der Waals surface area contributed by atoms with Crippen molar-refractivity contribution in [2.24, 2.45) is 10.9 Å². The molecule has 2 bridgehead atoms. The summed E-state index contributed by atoms with van der Waals surface area (Å²) in [5.74, 6) is -2.33. The molecule has 10 heteroatoms. The van der Waals surface area contributed by atoms with Crippen LogP contribution in [0.15, 0.2) is 72.1 Å². The Morgan fingerprint density at radius 3 is 2.46 bits per heavy atom. The van der Waals surface area contributed by atoms with Gasteiger partial charge in [-0.3, -0.25) is 4.79 Å². The van der Waals surface area contributed by atoms with Gasteiger partial charge in [-0.05, 0) is 64.7 Å². The van der Waals surface area contributed by atoms with Gasteiger partial charge in [-0.15, -0.1) is 0 Å². The third-order valence-electron chi connectivity index (χ3n) is 6.64. The number of amides is 1. The predicted molar refractivity (Wildman–Crippen MR) is 130 cm³/mol. The molecular weight excluding hydrogens is 480 g/mol. The molecule has 3 aromatic carbocycles. The topological polar surface area (TPSA) is 104 Å². The zero-order valence-corrected chi connectivity index (χ0v) is 19.6. The largest absolute Gasteiger partial charge is 0.397 e. The van der Waals surface area contributed by atoms with Gasteiger partial charge in [-0.1, -0.05) is 17.3 Å². The van der Waals surface area contributed by atoms with Crippen LogP contribution in [0.1, 0.15) is 55.9 Å². The van der Waals surface area contributed by atoms with Crippen LogP contribution in [0.2, 0.25) is 0 Å². The van der Waals surface area contributed by atoms with Crippen LogP contribution >= 0.6 is 0 Å². The van der Waals surface area contributed by atoms with E-state index in [0.717, 1.165) is 40.1 Å². The van der Waals surface area contributed by atoms with Crippen LogP contribution in [-0.2, 0) is 16.1 Å². The number of hydrogen-bond acceptors (Lipinski definition) is 5. The Morgan fingerprint density at radius 2 is 1.76 bits per heavy atom. The molecule has 8 nitrogen and oxygen atoms in total. The molecule has 37 heavy (non-hydrogen) atoms. The average molecular weight is 501 g/mol. The van der Waals surface area contributed by atoms with Gasteiger partial charge < -0.3 is 20.6 Å². The fraction of sp³-hybridized carbons (Fsp3) is 0.148. The molecule has 2 aliphatic rings. The molecule has 3 N–H and O–H groups in total. The summed E-state index contributed by atoms with van der Waals surface area (Å²) < 4.78 is 37.1.